The second-order valence-corrected chi connectivity index (χ2v) is 4.49. The highest BCUT2D eigenvalue weighted by atomic mass is 32.1. The molecule has 1 amide bonds. The molecule has 4 nitrogen and oxygen atoms in total. The summed E-state index contributed by atoms with van der Waals surface area (Å²) < 4.78 is 0. The third-order valence-electron chi connectivity index (χ3n) is 2.13. The van der Waals surface area contributed by atoms with E-state index in [9.17, 15) is 4.79 Å². The van der Waals surface area contributed by atoms with E-state index in [-0.39, 0.29) is 5.91 Å². The molecule has 82 valence electrons. The molecule has 0 saturated carbocycles. The Bertz CT molecular complexity index is 495. The first-order valence-corrected chi connectivity index (χ1v) is 5.63. The van der Waals surface area contributed by atoms with Gasteiger partial charge in [-0.1, -0.05) is 29.5 Å². The zero-order chi connectivity index (χ0) is 11.5. The standard InChI is InChI=1S/C11H11N3OS/c1-8-12-13-11(16-8)14(2)10(15)9-6-4-3-5-7-9/h3-7H,1-2H3. The summed E-state index contributed by atoms with van der Waals surface area (Å²) in [5, 5.41) is 9.29. The van der Waals surface area contributed by atoms with Gasteiger partial charge in [0.25, 0.3) is 5.91 Å². The fraction of sp³-hybridized carbons (Fsp3) is 0.182. The van der Waals surface area contributed by atoms with Gasteiger partial charge in [-0.25, -0.2) is 0 Å². The lowest BCUT2D eigenvalue weighted by atomic mass is 10.2. The first-order valence-electron chi connectivity index (χ1n) is 4.81. The van der Waals surface area contributed by atoms with E-state index < -0.39 is 0 Å². The van der Waals surface area contributed by atoms with Gasteiger partial charge in [0.1, 0.15) is 5.01 Å². The number of aromatic nitrogens is 2. The molecule has 2 aromatic rings. The Morgan fingerprint density at radius 1 is 1.25 bits per heavy atom. The lowest BCUT2D eigenvalue weighted by Crippen LogP contribution is -2.25. The van der Waals surface area contributed by atoms with Crippen molar-refractivity contribution in [2.75, 3.05) is 11.9 Å². The minimum atomic E-state index is -0.0725. The zero-order valence-electron chi connectivity index (χ0n) is 9.04. The van der Waals surface area contributed by atoms with Gasteiger partial charge in [0.05, 0.1) is 0 Å². The van der Waals surface area contributed by atoms with Gasteiger partial charge >= 0.3 is 0 Å². The first kappa shape index (κ1) is 10.8. The summed E-state index contributed by atoms with van der Waals surface area (Å²) in [5.41, 5.74) is 0.651. The van der Waals surface area contributed by atoms with Crippen LogP contribution in [-0.4, -0.2) is 23.2 Å². The van der Waals surface area contributed by atoms with Gasteiger partial charge in [0.2, 0.25) is 5.13 Å². The molecule has 1 heterocycles. The van der Waals surface area contributed by atoms with Crippen molar-refractivity contribution >= 4 is 22.4 Å². The van der Waals surface area contributed by atoms with Crippen molar-refractivity contribution in [3.8, 4) is 0 Å². The highest BCUT2D eigenvalue weighted by Gasteiger charge is 2.16. The predicted octanol–water partition coefficient (Wildman–Crippen LogP) is 2.12. The normalized spacial score (nSPS) is 10.1. The van der Waals surface area contributed by atoms with E-state index in [4.69, 9.17) is 0 Å². The molecule has 0 spiro atoms. The molecule has 16 heavy (non-hydrogen) atoms. The van der Waals surface area contributed by atoms with Gasteiger partial charge in [0, 0.05) is 12.6 Å². The fourth-order valence-corrected chi connectivity index (χ4v) is 1.93. The number of aryl methyl sites for hydroxylation is 1. The van der Waals surface area contributed by atoms with Crippen LogP contribution in [0.25, 0.3) is 0 Å². The molecule has 1 aromatic carbocycles. The van der Waals surface area contributed by atoms with Crippen LogP contribution in [0.5, 0.6) is 0 Å². The van der Waals surface area contributed by atoms with Crippen LogP contribution in [0.15, 0.2) is 30.3 Å². The van der Waals surface area contributed by atoms with E-state index in [0.29, 0.717) is 10.7 Å². The molecular weight excluding hydrogens is 222 g/mol. The highest BCUT2D eigenvalue weighted by molar-refractivity contribution is 7.15. The molecular formula is C11H11N3OS. The van der Waals surface area contributed by atoms with Crippen molar-refractivity contribution in [1.29, 1.82) is 0 Å². The van der Waals surface area contributed by atoms with Gasteiger partial charge in [-0.05, 0) is 19.1 Å². The quantitative estimate of drug-likeness (QED) is 0.798. The van der Waals surface area contributed by atoms with Gasteiger partial charge in [0.15, 0.2) is 0 Å². The number of rotatable bonds is 2. The minimum absolute atomic E-state index is 0.0725. The highest BCUT2D eigenvalue weighted by Crippen LogP contribution is 2.19. The molecule has 0 fully saturated rings. The molecule has 2 rings (SSSR count). The summed E-state index contributed by atoms with van der Waals surface area (Å²) in [7, 11) is 1.70. The van der Waals surface area contributed by atoms with Crippen LogP contribution in [0.3, 0.4) is 0 Å². The molecule has 0 aliphatic rings. The third-order valence-corrected chi connectivity index (χ3v) is 3.04. The maximum Gasteiger partial charge on any atom is 0.259 e. The zero-order valence-corrected chi connectivity index (χ0v) is 9.86. The van der Waals surface area contributed by atoms with E-state index in [1.165, 1.54) is 16.2 Å². The van der Waals surface area contributed by atoms with Crippen LogP contribution in [0, 0.1) is 6.92 Å². The third kappa shape index (κ3) is 2.09. The Kier molecular flexibility index (Phi) is 2.96. The Morgan fingerprint density at radius 2 is 1.94 bits per heavy atom. The molecule has 0 bridgehead atoms. The Balaban J connectivity index is 2.23. The molecule has 0 N–H and O–H groups in total. The summed E-state index contributed by atoms with van der Waals surface area (Å²) in [5.74, 6) is -0.0725. The van der Waals surface area contributed by atoms with Gasteiger partial charge in [-0.3, -0.25) is 9.69 Å². The number of carbonyl (C=O) groups is 1. The molecule has 1 aromatic heterocycles. The molecule has 0 atom stereocenters. The predicted molar refractivity (Wildman–Crippen MR) is 63.8 cm³/mol. The lowest BCUT2D eigenvalue weighted by Gasteiger charge is -2.12. The molecule has 0 aliphatic heterocycles. The van der Waals surface area contributed by atoms with Gasteiger partial charge in [-0.2, -0.15) is 0 Å². The maximum atomic E-state index is 12.0. The summed E-state index contributed by atoms with van der Waals surface area (Å²) in [4.78, 5) is 13.5. The molecule has 0 aliphatic carbocycles. The second kappa shape index (κ2) is 4.40. The lowest BCUT2D eigenvalue weighted by molar-refractivity contribution is 0.0993. The maximum absolute atomic E-state index is 12.0. The Labute approximate surface area is 97.6 Å². The second-order valence-electron chi connectivity index (χ2n) is 3.33. The number of hydrogen-bond donors (Lipinski definition) is 0. The molecule has 0 saturated heterocycles. The monoisotopic (exact) mass is 233 g/mol. The van der Waals surface area contributed by atoms with E-state index in [2.05, 4.69) is 10.2 Å². The van der Waals surface area contributed by atoms with Gasteiger partial charge < -0.3 is 0 Å². The van der Waals surface area contributed by atoms with Crippen molar-refractivity contribution in [1.82, 2.24) is 10.2 Å². The van der Waals surface area contributed by atoms with E-state index in [0.717, 1.165) is 5.01 Å². The van der Waals surface area contributed by atoms with Crippen molar-refractivity contribution in [3.05, 3.63) is 40.9 Å². The van der Waals surface area contributed by atoms with Crippen LogP contribution >= 0.6 is 11.3 Å². The van der Waals surface area contributed by atoms with Crippen molar-refractivity contribution < 1.29 is 4.79 Å². The van der Waals surface area contributed by atoms with E-state index >= 15 is 0 Å². The number of benzene rings is 1. The number of amides is 1. The summed E-state index contributed by atoms with van der Waals surface area (Å²) in [6, 6.07) is 9.13. The first-order chi connectivity index (χ1) is 7.68. The van der Waals surface area contributed by atoms with Crippen LogP contribution < -0.4 is 4.90 Å². The number of hydrogen-bond acceptors (Lipinski definition) is 4. The minimum Gasteiger partial charge on any atom is -0.286 e. The number of nitrogens with zero attached hydrogens (tertiary/aromatic N) is 3. The molecule has 0 unspecified atom stereocenters. The van der Waals surface area contributed by atoms with E-state index in [1.807, 2.05) is 25.1 Å². The van der Waals surface area contributed by atoms with Crippen molar-refractivity contribution in [3.63, 3.8) is 0 Å². The van der Waals surface area contributed by atoms with Crippen LogP contribution in [0.4, 0.5) is 5.13 Å². The Morgan fingerprint density at radius 3 is 2.50 bits per heavy atom. The topological polar surface area (TPSA) is 46.1 Å². The van der Waals surface area contributed by atoms with Crippen LogP contribution in [0.1, 0.15) is 15.4 Å². The largest absolute Gasteiger partial charge is 0.286 e. The smallest absolute Gasteiger partial charge is 0.259 e. The van der Waals surface area contributed by atoms with Crippen LogP contribution in [-0.2, 0) is 0 Å². The average Bonchev–Trinajstić information content (AvgIpc) is 2.75. The van der Waals surface area contributed by atoms with Crippen molar-refractivity contribution in [2.45, 2.75) is 6.92 Å². The Hall–Kier alpha value is -1.75. The number of anilines is 1. The fourth-order valence-electron chi connectivity index (χ4n) is 1.28. The van der Waals surface area contributed by atoms with Crippen molar-refractivity contribution in [2.24, 2.45) is 0 Å². The van der Waals surface area contributed by atoms with Gasteiger partial charge in [-0.15, -0.1) is 10.2 Å². The summed E-state index contributed by atoms with van der Waals surface area (Å²) >= 11 is 1.40. The van der Waals surface area contributed by atoms with E-state index in [1.54, 1.807) is 19.2 Å². The summed E-state index contributed by atoms with van der Waals surface area (Å²) in [6.07, 6.45) is 0. The molecule has 5 heteroatoms. The number of carbonyl (C=O) groups excluding carboxylic acids is 1. The average molecular weight is 233 g/mol. The summed E-state index contributed by atoms with van der Waals surface area (Å²) in [6.45, 7) is 1.86. The van der Waals surface area contributed by atoms with Crippen LogP contribution in [0.2, 0.25) is 0 Å². The SMILES string of the molecule is Cc1nnc(N(C)C(=O)c2ccccc2)s1. The molecule has 0 radical (unpaired) electrons.